The molecule has 1 saturated heterocycles. The van der Waals surface area contributed by atoms with Crippen LogP contribution in [0, 0.1) is 12.8 Å². The van der Waals surface area contributed by atoms with Crippen molar-refractivity contribution in [2.45, 2.75) is 43.9 Å². The molecule has 1 N–H and O–H groups in total. The van der Waals surface area contributed by atoms with Crippen molar-refractivity contribution >= 4 is 21.4 Å². The Hall–Kier alpha value is -0.500. The van der Waals surface area contributed by atoms with Crippen LogP contribution in [0.25, 0.3) is 0 Å². The van der Waals surface area contributed by atoms with Crippen LogP contribution in [0.2, 0.25) is 0 Å². The smallest absolute Gasteiger partial charge is 0.254 e. The Morgan fingerprint density at radius 3 is 2.60 bits per heavy atom. The van der Waals surface area contributed by atoms with Crippen molar-refractivity contribution in [3.63, 3.8) is 0 Å². The Kier molecular flexibility index (Phi) is 5.17. The summed E-state index contributed by atoms with van der Waals surface area (Å²) in [6, 6.07) is -0.0303. The second kappa shape index (κ2) is 6.51. The molecule has 0 unspecified atom stereocenters. The van der Waals surface area contributed by atoms with E-state index < -0.39 is 10.0 Å². The molecule has 0 radical (unpaired) electrons. The van der Waals surface area contributed by atoms with Crippen LogP contribution in [-0.4, -0.2) is 43.4 Å². The maximum absolute atomic E-state index is 12.7. The number of thiazole rings is 1. The third-order valence-corrected chi connectivity index (χ3v) is 7.03. The molecule has 5 nitrogen and oxygen atoms in total. The number of aromatic nitrogens is 1. The maximum Gasteiger partial charge on any atom is 0.254 e. The van der Waals surface area contributed by atoms with Gasteiger partial charge in [0.15, 0.2) is 4.21 Å². The summed E-state index contributed by atoms with van der Waals surface area (Å²) in [7, 11) is -3.41. The van der Waals surface area contributed by atoms with Crippen LogP contribution in [0.4, 0.5) is 0 Å². The number of sulfonamides is 1. The average molecular weight is 317 g/mol. The van der Waals surface area contributed by atoms with E-state index in [1.54, 1.807) is 4.31 Å². The molecular weight excluding hydrogens is 294 g/mol. The topological polar surface area (TPSA) is 62.3 Å². The molecule has 20 heavy (non-hydrogen) atoms. The maximum atomic E-state index is 12.7. The molecule has 0 aliphatic carbocycles. The third kappa shape index (κ3) is 3.58. The van der Waals surface area contributed by atoms with Crippen LogP contribution in [-0.2, 0) is 10.0 Å². The van der Waals surface area contributed by atoms with E-state index in [-0.39, 0.29) is 6.04 Å². The van der Waals surface area contributed by atoms with Crippen LogP contribution in [0.3, 0.4) is 0 Å². The summed E-state index contributed by atoms with van der Waals surface area (Å²) in [6.07, 6.45) is 3.56. The van der Waals surface area contributed by atoms with Crippen molar-refractivity contribution in [1.29, 1.82) is 0 Å². The predicted molar refractivity (Wildman–Crippen MR) is 81.5 cm³/mol. The number of rotatable bonds is 5. The largest absolute Gasteiger partial charge is 0.317 e. The lowest BCUT2D eigenvalue weighted by Gasteiger charge is -2.31. The van der Waals surface area contributed by atoms with Gasteiger partial charge in [-0.25, -0.2) is 13.4 Å². The molecule has 0 spiro atoms. The van der Waals surface area contributed by atoms with Gasteiger partial charge in [0.2, 0.25) is 0 Å². The number of hydrogen-bond acceptors (Lipinski definition) is 5. The average Bonchev–Trinajstić information content (AvgIpc) is 2.84. The lowest BCUT2D eigenvalue weighted by molar-refractivity contribution is 0.261. The zero-order valence-electron chi connectivity index (χ0n) is 12.3. The van der Waals surface area contributed by atoms with Gasteiger partial charge in [-0.2, -0.15) is 4.31 Å². The highest BCUT2D eigenvalue weighted by Crippen LogP contribution is 2.26. The summed E-state index contributed by atoms with van der Waals surface area (Å²) >= 11 is 1.25. The quantitative estimate of drug-likeness (QED) is 0.900. The molecule has 0 aromatic carbocycles. The molecule has 2 heterocycles. The zero-order valence-corrected chi connectivity index (χ0v) is 13.9. The molecule has 2 rings (SSSR count). The van der Waals surface area contributed by atoms with E-state index in [0.717, 1.165) is 30.9 Å². The SMILES string of the molecule is Cc1ncc(S(=O)(=O)N(CC2CCNCC2)C(C)C)s1. The fraction of sp³-hybridized carbons (Fsp3) is 0.769. The van der Waals surface area contributed by atoms with Crippen LogP contribution < -0.4 is 5.32 Å². The predicted octanol–water partition coefficient (Wildman–Crippen LogP) is 1.85. The van der Waals surface area contributed by atoms with E-state index in [0.29, 0.717) is 16.7 Å². The Bertz CT molecular complexity index is 534. The Balaban J connectivity index is 2.19. The van der Waals surface area contributed by atoms with Gasteiger partial charge >= 0.3 is 0 Å². The monoisotopic (exact) mass is 317 g/mol. The van der Waals surface area contributed by atoms with Crippen LogP contribution >= 0.6 is 11.3 Å². The van der Waals surface area contributed by atoms with E-state index in [4.69, 9.17) is 0 Å². The first-order valence-corrected chi connectivity index (χ1v) is 9.32. The summed E-state index contributed by atoms with van der Waals surface area (Å²) in [5, 5.41) is 4.10. The molecule has 0 bridgehead atoms. The first kappa shape index (κ1) is 15.9. The highest BCUT2D eigenvalue weighted by atomic mass is 32.2. The molecule has 1 aromatic rings. The Morgan fingerprint density at radius 2 is 2.10 bits per heavy atom. The van der Waals surface area contributed by atoms with Gasteiger partial charge in [0.1, 0.15) is 0 Å². The molecule has 1 aliphatic heterocycles. The van der Waals surface area contributed by atoms with Crippen LogP contribution in [0.1, 0.15) is 31.7 Å². The summed E-state index contributed by atoms with van der Waals surface area (Å²) in [5.74, 6) is 0.447. The minimum absolute atomic E-state index is 0.0303. The van der Waals surface area contributed by atoms with Gasteiger partial charge in [0, 0.05) is 12.6 Å². The number of aryl methyl sites for hydroxylation is 1. The van der Waals surface area contributed by atoms with Crippen LogP contribution in [0.5, 0.6) is 0 Å². The standard InChI is InChI=1S/C13H23N3O2S2/c1-10(2)16(9-12-4-6-14-7-5-12)20(17,18)13-8-15-11(3)19-13/h8,10,12,14H,4-7,9H2,1-3H3. The molecule has 0 saturated carbocycles. The fourth-order valence-corrected chi connectivity index (χ4v) is 5.43. The van der Waals surface area contributed by atoms with Gasteiger partial charge in [-0.15, -0.1) is 11.3 Å². The summed E-state index contributed by atoms with van der Waals surface area (Å²) < 4.78 is 27.5. The number of nitrogens with one attached hydrogen (secondary N) is 1. The molecule has 114 valence electrons. The van der Waals surface area contributed by atoms with Gasteiger partial charge < -0.3 is 5.32 Å². The third-order valence-electron chi connectivity index (χ3n) is 3.64. The zero-order chi connectivity index (χ0) is 14.8. The second-order valence-corrected chi connectivity index (χ2v) is 8.91. The van der Waals surface area contributed by atoms with Crippen molar-refractivity contribution in [2.75, 3.05) is 19.6 Å². The molecule has 0 atom stereocenters. The van der Waals surface area contributed by atoms with Gasteiger partial charge in [-0.05, 0) is 52.6 Å². The molecule has 7 heteroatoms. The van der Waals surface area contributed by atoms with Crippen molar-refractivity contribution in [1.82, 2.24) is 14.6 Å². The highest BCUT2D eigenvalue weighted by Gasteiger charge is 2.31. The lowest BCUT2D eigenvalue weighted by Crippen LogP contribution is -2.42. The summed E-state index contributed by atoms with van der Waals surface area (Å²) in [5.41, 5.74) is 0. The molecule has 1 aromatic heterocycles. The molecule has 1 fully saturated rings. The Morgan fingerprint density at radius 1 is 1.45 bits per heavy atom. The number of hydrogen-bond donors (Lipinski definition) is 1. The second-order valence-electron chi connectivity index (χ2n) is 5.56. The van der Waals surface area contributed by atoms with Crippen molar-refractivity contribution in [2.24, 2.45) is 5.92 Å². The number of piperidine rings is 1. The van der Waals surface area contributed by atoms with E-state index in [1.807, 2.05) is 20.8 Å². The van der Waals surface area contributed by atoms with Gasteiger partial charge in [-0.3, -0.25) is 0 Å². The number of nitrogens with zero attached hydrogens (tertiary/aromatic N) is 2. The minimum Gasteiger partial charge on any atom is -0.317 e. The van der Waals surface area contributed by atoms with Crippen molar-refractivity contribution < 1.29 is 8.42 Å². The van der Waals surface area contributed by atoms with Crippen LogP contribution in [0.15, 0.2) is 10.4 Å². The van der Waals surface area contributed by atoms with E-state index in [1.165, 1.54) is 17.5 Å². The molecular formula is C13H23N3O2S2. The van der Waals surface area contributed by atoms with Crippen molar-refractivity contribution in [3.05, 3.63) is 11.2 Å². The van der Waals surface area contributed by atoms with Gasteiger partial charge in [0.05, 0.1) is 11.2 Å². The van der Waals surface area contributed by atoms with E-state index in [9.17, 15) is 8.42 Å². The molecule has 0 amide bonds. The fourth-order valence-electron chi connectivity index (χ4n) is 2.48. The van der Waals surface area contributed by atoms with E-state index >= 15 is 0 Å². The highest BCUT2D eigenvalue weighted by molar-refractivity contribution is 7.91. The minimum atomic E-state index is -3.41. The first-order chi connectivity index (χ1) is 9.41. The van der Waals surface area contributed by atoms with E-state index in [2.05, 4.69) is 10.3 Å². The summed E-state index contributed by atoms with van der Waals surface area (Å²) in [6.45, 7) is 8.28. The van der Waals surface area contributed by atoms with Gasteiger partial charge in [0.25, 0.3) is 10.0 Å². The first-order valence-electron chi connectivity index (χ1n) is 7.06. The van der Waals surface area contributed by atoms with Crippen molar-refractivity contribution in [3.8, 4) is 0 Å². The summed E-state index contributed by atoms with van der Waals surface area (Å²) in [4.78, 5) is 4.07. The van der Waals surface area contributed by atoms with Gasteiger partial charge in [-0.1, -0.05) is 0 Å². The molecule has 1 aliphatic rings. The normalized spacial score (nSPS) is 18.1. The lowest BCUT2D eigenvalue weighted by atomic mass is 9.98. The Labute approximate surface area is 125 Å².